The summed E-state index contributed by atoms with van der Waals surface area (Å²) in [5, 5.41) is 0. The first kappa shape index (κ1) is 13.1. The molecule has 19 heavy (non-hydrogen) atoms. The number of hydrogen-bond acceptors (Lipinski definition) is 3. The van der Waals surface area contributed by atoms with Gasteiger partial charge in [-0.2, -0.15) is 0 Å². The summed E-state index contributed by atoms with van der Waals surface area (Å²) < 4.78 is 5.67. The molecule has 2 aromatic carbocycles. The second kappa shape index (κ2) is 6.02. The lowest BCUT2D eigenvalue weighted by Crippen LogP contribution is -2.29. The van der Waals surface area contributed by atoms with Gasteiger partial charge in [0.1, 0.15) is 12.4 Å². The van der Waals surface area contributed by atoms with Gasteiger partial charge in [0.05, 0.1) is 0 Å². The van der Waals surface area contributed by atoms with Crippen molar-refractivity contribution in [2.45, 2.75) is 13.5 Å². The smallest absolute Gasteiger partial charge is 0.265 e. The van der Waals surface area contributed by atoms with Gasteiger partial charge in [0.25, 0.3) is 5.91 Å². The highest BCUT2D eigenvalue weighted by Crippen LogP contribution is 2.14. The SMILES string of the molecule is Cc1cccc(OCc2ccc(C(=O)NN)cc2)c1. The van der Waals surface area contributed by atoms with Crippen molar-refractivity contribution in [1.82, 2.24) is 5.43 Å². The van der Waals surface area contributed by atoms with Gasteiger partial charge in [0.2, 0.25) is 0 Å². The molecular formula is C15H16N2O2. The van der Waals surface area contributed by atoms with Crippen molar-refractivity contribution in [1.29, 1.82) is 0 Å². The van der Waals surface area contributed by atoms with E-state index >= 15 is 0 Å². The van der Waals surface area contributed by atoms with E-state index in [2.05, 4.69) is 5.43 Å². The van der Waals surface area contributed by atoms with Crippen LogP contribution in [-0.2, 0) is 6.61 Å². The Kier molecular flexibility index (Phi) is 4.15. The zero-order chi connectivity index (χ0) is 13.7. The van der Waals surface area contributed by atoms with Crippen LogP contribution in [0.3, 0.4) is 0 Å². The number of amides is 1. The molecule has 0 aromatic heterocycles. The lowest BCUT2D eigenvalue weighted by molar-refractivity contribution is 0.0953. The molecule has 3 N–H and O–H groups in total. The molecule has 0 heterocycles. The Hall–Kier alpha value is -2.33. The van der Waals surface area contributed by atoms with Gasteiger partial charge in [-0.15, -0.1) is 0 Å². The van der Waals surface area contributed by atoms with E-state index in [1.807, 2.05) is 43.3 Å². The standard InChI is InChI=1S/C15H16N2O2/c1-11-3-2-4-14(9-11)19-10-12-5-7-13(8-6-12)15(18)17-16/h2-9H,10,16H2,1H3,(H,17,18). The molecule has 0 aliphatic carbocycles. The van der Waals surface area contributed by atoms with Gasteiger partial charge in [-0.3, -0.25) is 10.2 Å². The molecule has 1 amide bonds. The van der Waals surface area contributed by atoms with Crippen LogP contribution < -0.4 is 16.0 Å². The number of benzene rings is 2. The second-order valence-electron chi connectivity index (χ2n) is 4.28. The maximum atomic E-state index is 11.3. The highest BCUT2D eigenvalue weighted by molar-refractivity contribution is 5.93. The number of aryl methyl sites for hydroxylation is 1. The van der Waals surface area contributed by atoms with Crippen molar-refractivity contribution >= 4 is 5.91 Å². The van der Waals surface area contributed by atoms with Gasteiger partial charge in [-0.1, -0.05) is 24.3 Å². The minimum atomic E-state index is -0.300. The van der Waals surface area contributed by atoms with Crippen LogP contribution in [0.15, 0.2) is 48.5 Å². The first-order valence-corrected chi connectivity index (χ1v) is 5.98. The van der Waals surface area contributed by atoms with Gasteiger partial charge in [0, 0.05) is 5.56 Å². The fourth-order valence-electron chi connectivity index (χ4n) is 1.71. The van der Waals surface area contributed by atoms with Crippen molar-refractivity contribution in [3.63, 3.8) is 0 Å². The molecule has 0 saturated heterocycles. The zero-order valence-electron chi connectivity index (χ0n) is 10.7. The van der Waals surface area contributed by atoms with Crippen LogP contribution in [0.4, 0.5) is 0 Å². The van der Waals surface area contributed by atoms with Crippen molar-refractivity contribution < 1.29 is 9.53 Å². The quantitative estimate of drug-likeness (QED) is 0.500. The molecule has 0 fully saturated rings. The Bertz CT molecular complexity index is 565. The van der Waals surface area contributed by atoms with Crippen LogP contribution in [0.25, 0.3) is 0 Å². The van der Waals surface area contributed by atoms with Gasteiger partial charge < -0.3 is 4.74 Å². The minimum absolute atomic E-state index is 0.300. The molecule has 0 spiro atoms. The lowest BCUT2D eigenvalue weighted by atomic mass is 10.1. The van der Waals surface area contributed by atoms with Crippen LogP contribution in [0.5, 0.6) is 5.75 Å². The van der Waals surface area contributed by atoms with Crippen molar-refractivity contribution in [2.24, 2.45) is 5.84 Å². The third-order valence-corrected chi connectivity index (χ3v) is 2.74. The third kappa shape index (κ3) is 3.56. The van der Waals surface area contributed by atoms with E-state index in [1.165, 1.54) is 0 Å². The number of hydrazine groups is 1. The fourth-order valence-corrected chi connectivity index (χ4v) is 1.71. The van der Waals surface area contributed by atoms with E-state index in [9.17, 15) is 4.79 Å². The predicted molar refractivity (Wildman–Crippen MR) is 73.6 cm³/mol. The number of carbonyl (C=O) groups is 1. The number of ether oxygens (including phenoxy) is 1. The summed E-state index contributed by atoms with van der Waals surface area (Å²) in [5.41, 5.74) is 4.78. The summed E-state index contributed by atoms with van der Waals surface area (Å²) in [4.78, 5) is 11.3. The second-order valence-corrected chi connectivity index (χ2v) is 4.28. The van der Waals surface area contributed by atoms with Gasteiger partial charge in [-0.05, 0) is 42.3 Å². The number of hydrogen-bond donors (Lipinski definition) is 2. The van der Waals surface area contributed by atoms with Crippen LogP contribution in [-0.4, -0.2) is 5.91 Å². The molecule has 0 atom stereocenters. The largest absolute Gasteiger partial charge is 0.489 e. The summed E-state index contributed by atoms with van der Waals surface area (Å²) in [6, 6.07) is 15.0. The average molecular weight is 256 g/mol. The monoisotopic (exact) mass is 256 g/mol. The molecule has 0 unspecified atom stereocenters. The summed E-state index contributed by atoms with van der Waals surface area (Å²) in [5.74, 6) is 5.60. The highest BCUT2D eigenvalue weighted by Gasteiger charge is 2.03. The van der Waals surface area contributed by atoms with E-state index in [0.29, 0.717) is 12.2 Å². The van der Waals surface area contributed by atoms with E-state index < -0.39 is 0 Å². The normalized spacial score (nSPS) is 10.0. The molecule has 2 rings (SSSR count). The molecule has 2 aromatic rings. The van der Waals surface area contributed by atoms with E-state index in [0.717, 1.165) is 16.9 Å². The molecule has 0 saturated carbocycles. The Morgan fingerprint density at radius 3 is 2.58 bits per heavy atom. The van der Waals surface area contributed by atoms with Crippen LogP contribution in [0, 0.1) is 6.92 Å². The van der Waals surface area contributed by atoms with Crippen molar-refractivity contribution in [2.75, 3.05) is 0 Å². The van der Waals surface area contributed by atoms with E-state index in [1.54, 1.807) is 12.1 Å². The van der Waals surface area contributed by atoms with E-state index in [4.69, 9.17) is 10.6 Å². The lowest BCUT2D eigenvalue weighted by Gasteiger charge is -2.07. The maximum Gasteiger partial charge on any atom is 0.265 e. The molecule has 98 valence electrons. The first-order chi connectivity index (χ1) is 9.19. The summed E-state index contributed by atoms with van der Waals surface area (Å²) >= 11 is 0. The number of carbonyl (C=O) groups excluding carboxylic acids is 1. The molecule has 0 bridgehead atoms. The molecule has 0 radical (unpaired) electrons. The molecular weight excluding hydrogens is 240 g/mol. The highest BCUT2D eigenvalue weighted by atomic mass is 16.5. The number of rotatable bonds is 4. The Morgan fingerprint density at radius 2 is 1.95 bits per heavy atom. The summed E-state index contributed by atoms with van der Waals surface area (Å²) in [7, 11) is 0. The minimum Gasteiger partial charge on any atom is -0.489 e. The Labute approximate surface area is 112 Å². The number of nitrogen functional groups attached to an aromatic ring is 1. The van der Waals surface area contributed by atoms with Gasteiger partial charge >= 0.3 is 0 Å². The summed E-state index contributed by atoms with van der Waals surface area (Å²) in [6.45, 7) is 2.49. The van der Waals surface area contributed by atoms with E-state index in [-0.39, 0.29) is 5.91 Å². The van der Waals surface area contributed by atoms with Crippen LogP contribution in [0.1, 0.15) is 21.5 Å². The van der Waals surface area contributed by atoms with Crippen molar-refractivity contribution in [3.8, 4) is 5.75 Å². The van der Waals surface area contributed by atoms with Crippen LogP contribution in [0.2, 0.25) is 0 Å². The molecule has 0 aliphatic rings. The first-order valence-electron chi connectivity index (χ1n) is 5.98. The van der Waals surface area contributed by atoms with Crippen LogP contribution >= 0.6 is 0 Å². The summed E-state index contributed by atoms with van der Waals surface area (Å²) in [6.07, 6.45) is 0. The number of nitrogens with two attached hydrogens (primary N) is 1. The zero-order valence-corrected chi connectivity index (χ0v) is 10.7. The maximum absolute atomic E-state index is 11.3. The third-order valence-electron chi connectivity index (χ3n) is 2.74. The Balaban J connectivity index is 1.98. The predicted octanol–water partition coefficient (Wildman–Crippen LogP) is 2.18. The molecule has 4 heteroatoms. The average Bonchev–Trinajstić information content (AvgIpc) is 2.45. The number of nitrogens with one attached hydrogen (secondary N) is 1. The Morgan fingerprint density at radius 1 is 1.21 bits per heavy atom. The fraction of sp³-hybridized carbons (Fsp3) is 0.133. The topological polar surface area (TPSA) is 64.3 Å². The molecule has 0 aliphatic heterocycles. The van der Waals surface area contributed by atoms with Gasteiger partial charge in [-0.25, -0.2) is 5.84 Å². The molecule has 4 nitrogen and oxygen atoms in total. The van der Waals surface area contributed by atoms with Crippen molar-refractivity contribution in [3.05, 3.63) is 65.2 Å². The van der Waals surface area contributed by atoms with Gasteiger partial charge in [0.15, 0.2) is 0 Å².